The first-order valence-corrected chi connectivity index (χ1v) is 8.89. The second-order valence-electron chi connectivity index (χ2n) is 6.56. The van der Waals surface area contributed by atoms with Crippen LogP contribution < -0.4 is 5.32 Å². The van der Waals surface area contributed by atoms with Crippen molar-refractivity contribution in [1.29, 1.82) is 0 Å². The van der Waals surface area contributed by atoms with Gasteiger partial charge in [-0.3, -0.25) is 4.57 Å². The molecule has 124 valence electrons. The fraction of sp³-hybridized carbons (Fsp3) is 0.421. The van der Waals surface area contributed by atoms with Crippen LogP contribution in [0.3, 0.4) is 0 Å². The van der Waals surface area contributed by atoms with Gasteiger partial charge in [-0.05, 0) is 30.5 Å². The summed E-state index contributed by atoms with van der Waals surface area (Å²) in [7, 11) is 0. The molecule has 24 heavy (non-hydrogen) atoms. The Labute approximate surface area is 142 Å². The number of para-hydroxylation sites is 2. The van der Waals surface area contributed by atoms with Crippen molar-refractivity contribution in [3.63, 3.8) is 0 Å². The van der Waals surface area contributed by atoms with E-state index in [2.05, 4.69) is 26.3 Å². The van der Waals surface area contributed by atoms with Gasteiger partial charge in [0.1, 0.15) is 12.1 Å². The fourth-order valence-electron chi connectivity index (χ4n) is 3.57. The highest BCUT2D eigenvalue weighted by Gasteiger charge is 2.13. The van der Waals surface area contributed by atoms with Crippen LogP contribution in [-0.4, -0.2) is 26.1 Å². The van der Waals surface area contributed by atoms with Gasteiger partial charge in [0.05, 0.1) is 11.0 Å². The summed E-state index contributed by atoms with van der Waals surface area (Å²) >= 11 is 0. The lowest BCUT2D eigenvalue weighted by Gasteiger charge is -2.21. The van der Waals surface area contributed by atoms with E-state index in [1.54, 1.807) is 6.20 Å². The number of benzene rings is 1. The summed E-state index contributed by atoms with van der Waals surface area (Å²) in [6.07, 6.45) is 11.8. The highest BCUT2D eigenvalue weighted by molar-refractivity contribution is 5.76. The summed E-state index contributed by atoms with van der Waals surface area (Å²) < 4.78 is 2.00. The number of rotatable bonds is 5. The van der Waals surface area contributed by atoms with Gasteiger partial charge in [-0.25, -0.2) is 9.97 Å². The third kappa shape index (κ3) is 3.25. The van der Waals surface area contributed by atoms with Gasteiger partial charge >= 0.3 is 0 Å². The highest BCUT2D eigenvalue weighted by Crippen LogP contribution is 2.26. The minimum Gasteiger partial charge on any atom is -0.354 e. The monoisotopic (exact) mass is 321 g/mol. The smallest absolute Gasteiger partial charge is 0.224 e. The number of fused-ring (bicyclic) bond motifs is 1. The number of nitrogens with one attached hydrogen (secondary N) is 1. The van der Waals surface area contributed by atoms with E-state index in [0.717, 1.165) is 29.3 Å². The summed E-state index contributed by atoms with van der Waals surface area (Å²) in [4.78, 5) is 13.4. The van der Waals surface area contributed by atoms with Crippen molar-refractivity contribution in [3.8, 4) is 5.82 Å². The molecule has 1 aliphatic carbocycles. The molecule has 5 heteroatoms. The third-order valence-electron chi connectivity index (χ3n) is 4.90. The molecule has 0 unspecified atom stereocenters. The van der Waals surface area contributed by atoms with Crippen molar-refractivity contribution in [2.45, 2.75) is 38.5 Å². The van der Waals surface area contributed by atoms with E-state index in [0.29, 0.717) is 5.95 Å². The molecule has 1 aromatic carbocycles. The van der Waals surface area contributed by atoms with Crippen molar-refractivity contribution < 1.29 is 0 Å². The standard InChI is InChI=1S/C19H23N5/c1-2-6-15(7-3-1)10-12-20-19-21-13-11-18(23-19)24-14-22-16-8-4-5-9-17(16)24/h4-5,8-9,11,13-15H,1-3,6-7,10,12H2,(H,20,21,23). The van der Waals surface area contributed by atoms with Gasteiger partial charge in [0.15, 0.2) is 0 Å². The molecule has 1 N–H and O–H groups in total. The molecular weight excluding hydrogens is 298 g/mol. The third-order valence-corrected chi connectivity index (χ3v) is 4.90. The molecule has 0 atom stereocenters. The van der Waals surface area contributed by atoms with Crippen molar-refractivity contribution >= 4 is 17.0 Å². The molecule has 1 fully saturated rings. The van der Waals surface area contributed by atoms with Crippen LogP contribution in [0.1, 0.15) is 38.5 Å². The molecule has 3 aromatic rings. The van der Waals surface area contributed by atoms with E-state index in [9.17, 15) is 0 Å². The minimum absolute atomic E-state index is 0.695. The predicted molar refractivity (Wildman–Crippen MR) is 96.3 cm³/mol. The van der Waals surface area contributed by atoms with E-state index in [1.807, 2.05) is 35.2 Å². The van der Waals surface area contributed by atoms with Crippen LogP contribution >= 0.6 is 0 Å². The molecule has 1 aliphatic rings. The Hall–Kier alpha value is -2.43. The van der Waals surface area contributed by atoms with Crippen LogP contribution in [0.5, 0.6) is 0 Å². The SMILES string of the molecule is c1ccc2c(c1)ncn2-c1ccnc(NCCC2CCCCC2)n1. The Balaban J connectivity index is 1.45. The van der Waals surface area contributed by atoms with Gasteiger partial charge in [-0.15, -0.1) is 0 Å². The normalized spacial score (nSPS) is 15.7. The number of anilines is 1. The number of hydrogen-bond donors (Lipinski definition) is 1. The quantitative estimate of drug-likeness (QED) is 0.765. The first kappa shape index (κ1) is 15.1. The summed E-state index contributed by atoms with van der Waals surface area (Å²) in [5, 5.41) is 3.39. The first-order valence-electron chi connectivity index (χ1n) is 8.89. The molecule has 2 heterocycles. The van der Waals surface area contributed by atoms with Gasteiger partial charge in [-0.1, -0.05) is 44.2 Å². The van der Waals surface area contributed by atoms with Crippen LogP contribution in [0, 0.1) is 5.92 Å². The second kappa shape index (κ2) is 6.99. The first-order chi connectivity index (χ1) is 11.9. The topological polar surface area (TPSA) is 55.6 Å². The lowest BCUT2D eigenvalue weighted by molar-refractivity contribution is 0.345. The second-order valence-corrected chi connectivity index (χ2v) is 6.56. The van der Waals surface area contributed by atoms with E-state index in [-0.39, 0.29) is 0 Å². The van der Waals surface area contributed by atoms with Gasteiger partial charge in [0.2, 0.25) is 5.95 Å². The zero-order valence-corrected chi connectivity index (χ0v) is 13.9. The Kier molecular flexibility index (Phi) is 4.40. The van der Waals surface area contributed by atoms with Gasteiger partial charge in [-0.2, -0.15) is 4.98 Å². The number of nitrogens with zero attached hydrogens (tertiary/aromatic N) is 4. The largest absolute Gasteiger partial charge is 0.354 e. The lowest BCUT2D eigenvalue weighted by Crippen LogP contribution is -2.13. The fourth-order valence-corrected chi connectivity index (χ4v) is 3.57. The lowest BCUT2D eigenvalue weighted by atomic mass is 9.87. The molecule has 0 spiro atoms. The Morgan fingerprint density at radius 3 is 2.83 bits per heavy atom. The maximum Gasteiger partial charge on any atom is 0.224 e. The molecule has 1 saturated carbocycles. The van der Waals surface area contributed by atoms with Crippen LogP contribution in [0.25, 0.3) is 16.9 Å². The highest BCUT2D eigenvalue weighted by atomic mass is 15.2. The summed E-state index contributed by atoms with van der Waals surface area (Å²) in [6, 6.07) is 10.0. The van der Waals surface area contributed by atoms with Crippen molar-refractivity contribution in [3.05, 3.63) is 42.9 Å². The van der Waals surface area contributed by atoms with Crippen molar-refractivity contribution in [2.75, 3.05) is 11.9 Å². The van der Waals surface area contributed by atoms with Crippen molar-refractivity contribution in [2.24, 2.45) is 5.92 Å². The zero-order valence-electron chi connectivity index (χ0n) is 13.9. The Bertz CT molecular complexity index is 804. The van der Waals surface area contributed by atoms with E-state index in [4.69, 9.17) is 0 Å². The zero-order chi connectivity index (χ0) is 16.2. The molecular formula is C19H23N5. The number of imidazole rings is 1. The molecule has 0 amide bonds. The average Bonchev–Trinajstić information content (AvgIpc) is 3.07. The molecule has 2 aromatic heterocycles. The predicted octanol–water partition coefficient (Wildman–Crippen LogP) is 4.20. The summed E-state index contributed by atoms with van der Waals surface area (Å²) in [6.45, 7) is 0.943. The molecule has 0 radical (unpaired) electrons. The van der Waals surface area contributed by atoms with E-state index < -0.39 is 0 Å². The molecule has 5 nitrogen and oxygen atoms in total. The number of aromatic nitrogens is 4. The van der Waals surface area contributed by atoms with Crippen LogP contribution in [0.4, 0.5) is 5.95 Å². The van der Waals surface area contributed by atoms with Gasteiger partial charge in [0.25, 0.3) is 0 Å². The molecule has 4 rings (SSSR count). The van der Waals surface area contributed by atoms with E-state index in [1.165, 1.54) is 38.5 Å². The van der Waals surface area contributed by atoms with Crippen LogP contribution in [-0.2, 0) is 0 Å². The van der Waals surface area contributed by atoms with Crippen LogP contribution in [0.15, 0.2) is 42.9 Å². The maximum absolute atomic E-state index is 4.65. The number of hydrogen-bond acceptors (Lipinski definition) is 4. The average molecular weight is 321 g/mol. The van der Waals surface area contributed by atoms with Crippen LogP contribution in [0.2, 0.25) is 0 Å². The molecule has 0 saturated heterocycles. The van der Waals surface area contributed by atoms with Gasteiger partial charge in [0, 0.05) is 12.7 Å². The van der Waals surface area contributed by atoms with E-state index >= 15 is 0 Å². The Morgan fingerprint density at radius 1 is 1.04 bits per heavy atom. The summed E-state index contributed by atoms with van der Waals surface area (Å²) in [5.74, 6) is 2.41. The molecule has 0 bridgehead atoms. The minimum atomic E-state index is 0.695. The maximum atomic E-state index is 4.65. The summed E-state index contributed by atoms with van der Waals surface area (Å²) in [5.41, 5.74) is 2.03. The van der Waals surface area contributed by atoms with Crippen molar-refractivity contribution in [1.82, 2.24) is 19.5 Å². The Morgan fingerprint density at radius 2 is 1.92 bits per heavy atom. The molecule has 0 aliphatic heterocycles. The van der Waals surface area contributed by atoms with Gasteiger partial charge < -0.3 is 5.32 Å².